The molecule has 5 nitrogen and oxygen atoms in total. The number of nitrogens with one attached hydrogen (secondary N) is 1. The summed E-state index contributed by atoms with van der Waals surface area (Å²) in [5.41, 5.74) is 3.71. The van der Waals surface area contributed by atoms with Crippen LogP contribution in [-0.4, -0.2) is 20.7 Å². The predicted octanol–water partition coefficient (Wildman–Crippen LogP) is 4.53. The van der Waals surface area contributed by atoms with Crippen molar-refractivity contribution in [1.29, 1.82) is 0 Å². The lowest BCUT2D eigenvalue weighted by Gasteiger charge is -2.11. The van der Waals surface area contributed by atoms with Crippen molar-refractivity contribution in [2.24, 2.45) is 0 Å². The van der Waals surface area contributed by atoms with Gasteiger partial charge in [0.25, 0.3) is 5.91 Å². The van der Waals surface area contributed by atoms with Crippen LogP contribution in [0.3, 0.4) is 0 Å². The minimum atomic E-state index is -0.195. The Bertz CT molecular complexity index is 930. The van der Waals surface area contributed by atoms with E-state index in [9.17, 15) is 4.79 Å². The van der Waals surface area contributed by atoms with Gasteiger partial charge in [0.05, 0.1) is 17.1 Å². The molecule has 24 heavy (non-hydrogen) atoms. The first kappa shape index (κ1) is 16.5. The molecule has 0 fully saturated rings. The standard InChI is InChI=1S/C18H19ClN4O/c1-10(2)23-17-15(9-20-23)14(7-12(4)21-17)18(24)22-16-8-13(19)6-5-11(16)3/h5-10H,1-4H3,(H,22,24). The summed E-state index contributed by atoms with van der Waals surface area (Å²) in [5.74, 6) is -0.195. The molecular weight excluding hydrogens is 324 g/mol. The summed E-state index contributed by atoms with van der Waals surface area (Å²) in [6, 6.07) is 7.38. The Balaban J connectivity index is 2.05. The van der Waals surface area contributed by atoms with Gasteiger partial charge in [-0.25, -0.2) is 9.67 Å². The largest absolute Gasteiger partial charge is 0.322 e. The van der Waals surface area contributed by atoms with Crippen LogP contribution in [0, 0.1) is 13.8 Å². The van der Waals surface area contributed by atoms with E-state index in [1.807, 2.05) is 38.4 Å². The van der Waals surface area contributed by atoms with Crippen LogP contribution in [0.5, 0.6) is 0 Å². The van der Waals surface area contributed by atoms with E-state index in [4.69, 9.17) is 11.6 Å². The lowest BCUT2D eigenvalue weighted by atomic mass is 10.1. The number of hydrogen-bond donors (Lipinski definition) is 1. The molecule has 1 aromatic carbocycles. The van der Waals surface area contributed by atoms with E-state index in [2.05, 4.69) is 15.4 Å². The number of pyridine rings is 1. The molecule has 3 rings (SSSR count). The van der Waals surface area contributed by atoms with Gasteiger partial charge in [0, 0.05) is 22.4 Å². The van der Waals surface area contributed by atoms with Gasteiger partial charge in [-0.2, -0.15) is 5.10 Å². The second kappa shape index (κ2) is 6.24. The van der Waals surface area contributed by atoms with E-state index < -0.39 is 0 Å². The molecule has 0 unspecified atom stereocenters. The van der Waals surface area contributed by atoms with Gasteiger partial charge in [0.15, 0.2) is 5.65 Å². The normalized spacial score (nSPS) is 11.2. The minimum Gasteiger partial charge on any atom is -0.322 e. The van der Waals surface area contributed by atoms with E-state index >= 15 is 0 Å². The number of anilines is 1. The van der Waals surface area contributed by atoms with Crippen LogP contribution in [0.4, 0.5) is 5.69 Å². The van der Waals surface area contributed by atoms with Crippen molar-refractivity contribution in [3.8, 4) is 0 Å². The number of fused-ring (bicyclic) bond motifs is 1. The number of halogens is 1. The Hall–Kier alpha value is -2.40. The topological polar surface area (TPSA) is 59.8 Å². The zero-order valence-electron chi connectivity index (χ0n) is 14.1. The molecule has 0 atom stereocenters. The van der Waals surface area contributed by atoms with Gasteiger partial charge in [0.1, 0.15) is 0 Å². The number of carbonyl (C=O) groups excluding carboxylic acids is 1. The Morgan fingerprint density at radius 2 is 2.00 bits per heavy atom. The van der Waals surface area contributed by atoms with Crippen LogP contribution in [0.2, 0.25) is 5.02 Å². The van der Waals surface area contributed by atoms with Gasteiger partial charge in [-0.15, -0.1) is 0 Å². The highest BCUT2D eigenvalue weighted by Crippen LogP contribution is 2.24. The number of aryl methyl sites for hydroxylation is 2. The Morgan fingerprint density at radius 3 is 2.71 bits per heavy atom. The van der Waals surface area contributed by atoms with E-state index in [1.54, 1.807) is 24.4 Å². The molecule has 1 N–H and O–H groups in total. The van der Waals surface area contributed by atoms with Crippen molar-refractivity contribution >= 4 is 34.2 Å². The van der Waals surface area contributed by atoms with Crippen LogP contribution >= 0.6 is 11.6 Å². The molecule has 0 saturated heterocycles. The molecular formula is C18H19ClN4O. The maximum atomic E-state index is 12.8. The molecule has 2 heterocycles. The van der Waals surface area contributed by atoms with Gasteiger partial charge >= 0.3 is 0 Å². The average molecular weight is 343 g/mol. The number of aromatic nitrogens is 3. The van der Waals surface area contributed by atoms with Gasteiger partial charge in [0.2, 0.25) is 0 Å². The fraction of sp³-hybridized carbons (Fsp3) is 0.278. The van der Waals surface area contributed by atoms with Crippen LogP contribution in [0.1, 0.15) is 41.5 Å². The molecule has 0 aliphatic carbocycles. The van der Waals surface area contributed by atoms with E-state index in [0.717, 1.165) is 22.3 Å². The zero-order valence-corrected chi connectivity index (χ0v) is 14.8. The molecule has 6 heteroatoms. The molecule has 2 aromatic heterocycles. The highest BCUT2D eigenvalue weighted by Gasteiger charge is 2.17. The quantitative estimate of drug-likeness (QED) is 0.760. The van der Waals surface area contributed by atoms with Crippen molar-refractivity contribution in [2.75, 3.05) is 5.32 Å². The third-order valence-corrected chi connectivity index (χ3v) is 4.11. The molecule has 0 aliphatic rings. The highest BCUT2D eigenvalue weighted by molar-refractivity contribution is 6.31. The second-order valence-electron chi connectivity index (χ2n) is 6.14. The van der Waals surface area contributed by atoms with Gasteiger partial charge < -0.3 is 5.32 Å². The molecule has 0 saturated carbocycles. The third kappa shape index (κ3) is 2.99. The number of amides is 1. The van der Waals surface area contributed by atoms with E-state index in [0.29, 0.717) is 16.3 Å². The van der Waals surface area contributed by atoms with Crippen molar-refractivity contribution in [1.82, 2.24) is 14.8 Å². The van der Waals surface area contributed by atoms with Crippen LogP contribution in [-0.2, 0) is 0 Å². The maximum absolute atomic E-state index is 12.8. The van der Waals surface area contributed by atoms with Crippen molar-refractivity contribution in [3.05, 3.63) is 52.3 Å². The number of rotatable bonds is 3. The Morgan fingerprint density at radius 1 is 1.25 bits per heavy atom. The van der Waals surface area contributed by atoms with Crippen LogP contribution < -0.4 is 5.32 Å². The molecule has 0 spiro atoms. The molecule has 1 amide bonds. The summed E-state index contributed by atoms with van der Waals surface area (Å²) in [5, 5.41) is 8.63. The monoisotopic (exact) mass is 342 g/mol. The summed E-state index contributed by atoms with van der Waals surface area (Å²) in [7, 11) is 0. The second-order valence-corrected chi connectivity index (χ2v) is 6.58. The molecule has 3 aromatic rings. The molecule has 124 valence electrons. The van der Waals surface area contributed by atoms with Gasteiger partial charge in [-0.1, -0.05) is 17.7 Å². The SMILES string of the molecule is Cc1cc(C(=O)Nc2cc(Cl)ccc2C)c2cnn(C(C)C)c2n1. The summed E-state index contributed by atoms with van der Waals surface area (Å²) in [4.78, 5) is 17.3. The van der Waals surface area contributed by atoms with Crippen molar-refractivity contribution in [2.45, 2.75) is 33.7 Å². The van der Waals surface area contributed by atoms with Crippen LogP contribution in [0.25, 0.3) is 11.0 Å². The summed E-state index contributed by atoms with van der Waals surface area (Å²) in [6.45, 7) is 7.87. The molecule has 0 radical (unpaired) electrons. The first-order valence-electron chi connectivity index (χ1n) is 7.79. The lowest BCUT2D eigenvalue weighted by Crippen LogP contribution is -2.14. The fourth-order valence-corrected chi connectivity index (χ4v) is 2.80. The zero-order chi connectivity index (χ0) is 17.4. The van der Waals surface area contributed by atoms with Crippen molar-refractivity contribution < 1.29 is 4.79 Å². The average Bonchev–Trinajstić information content (AvgIpc) is 2.93. The number of nitrogens with zero attached hydrogens (tertiary/aromatic N) is 3. The molecule has 0 bridgehead atoms. The summed E-state index contributed by atoms with van der Waals surface area (Å²) >= 11 is 6.03. The molecule has 0 aliphatic heterocycles. The third-order valence-electron chi connectivity index (χ3n) is 3.88. The minimum absolute atomic E-state index is 0.169. The highest BCUT2D eigenvalue weighted by atomic mass is 35.5. The fourth-order valence-electron chi connectivity index (χ4n) is 2.63. The predicted molar refractivity (Wildman–Crippen MR) is 96.8 cm³/mol. The number of carbonyl (C=O) groups is 1. The van der Waals surface area contributed by atoms with E-state index in [-0.39, 0.29) is 11.9 Å². The van der Waals surface area contributed by atoms with E-state index in [1.165, 1.54) is 0 Å². The lowest BCUT2D eigenvalue weighted by molar-refractivity contribution is 0.102. The Kier molecular flexibility index (Phi) is 4.28. The summed E-state index contributed by atoms with van der Waals surface area (Å²) < 4.78 is 1.82. The van der Waals surface area contributed by atoms with Crippen LogP contribution in [0.15, 0.2) is 30.5 Å². The summed E-state index contributed by atoms with van der Waals surface area (Å²) in [6.07, 6.45) is 1.70. The number of benzene rings is 1. The smallest absolute Gasteiger partial charge is 0.256 e. The van der Waals surface area contributed by atoms with Crippen molar-refractivity contribution in [3.63, 3.8) is 0 Å². The van der Waals surface area contributed by atoms with Gasteiger partial charge in [-0.3, -0.25) is 4.79 Å². The Labute approximate surface area is 145 Å². The first-order chi connectivity index (χ1) is 11.4. The van der Waals surface area contributed by atoms with Gasteiger partial charge in [-0.05, 0) is 51.5 Å². The number of hydrogen-bond acceptors (Lipinski definition) is 3. The first-order valence-corrected chi connectivity index (χ1v) is 8.17. The maximum Gasteiger partial charge on any atom is 0.256 e.